The van der Waals surface area contributed by atoms with Gasteiger partial charge in [-0.3, -0.25) is 14.4 Å². The highest BCUT2D eigenvalue weighted by Crippen LogP contribution is 2.62. The maximum absolute atomic E-state index is 14.9. The molecule has 4 aromatic rings. The SMILES string of the molecule is C=CCOc1ccc(C(=O)[C@H]2[C@@H](C(=O)c3ccccc3)N3C=Cc4ccccc4[C@@H]3[C@]23C(=O)Nc2ccccc23)cc1. The van der Waals surface area contributed by atoms with Gasteiger partial charge in [0, 0.05) is 23.0 Å². The Morgan fingerprint density at radius 2 is 1.55 bits per heavy atom. The van der Waals surface area contributed by atoms with Crippen molar-refractivity contribution >= 4 is 29.2 Å². The van der Waals surface area contributed by atoms with Gasteiger partial charge in [-0.1, -0.05) is 85.5 Å². The average Bonchev–Trinajstić information content (AvgIpc) is 3.52. The summed E-state index contributed by atoms with van der Waals surface area (Å²) in [5.41, 5.74) is 2.78. The highest BCUT2D eigenvalue weighted by Gasteiger charge is 2.70. The maximum atomic E-state index is 14.9. The van der Waals surface area contributed by atoms with Gasteiger partial charge in [0.2, 0.25) is 5.91 Å². The fourth-order valence-corrected chi connectivity index (χ4v) is 6.99. The second kappa shape index (κ2) is 10.00. The van der Waals surface area contributed by atoms with E-state index in [1.54, 1.807) is 42.5 Å². The molecular formula is C36H28N2O4. The third kappa shape index (κ3) is 3.68. The maximum Gasteiger partial charge on any atom is 0.238 e. The van der Waals surface area contributed by atoms with Gasteiger partial charge < -0.3 is 15.0 Å². The Morgan fingerprint density at radius 1 is 0.857 bits per heavy atom. The van der Waals surface area contributed by atoms with Gasteiger partial charge >= 0.3 is 0 Å². The summed E-state index contributed by atoms with van der Waals surface area (Å²) in [5, 5.41) is 3.08. The average molecular weight is 553 g/mol. The molecule has 6 nitrogen and oxygen atoms in total. The molecule has 3 aliphatic heterocycles. The zero-order valence-corrected chi connectivity index (χ0v) is 22.8. The van der Waals surface area contributed by atoms with Gasteiger partial charge in [0.1, 0.15) is 23.8 Å². The summed E-state index contributed by atoms with van der Waals surface area (Å²) in [6.45, 7) is 4.02. The summed E-state index contributed by atoms with van der Waals surface area (Å²) in [6, 6.07) is 29.8. The van der Waals surface area contributed by atoms with E-state index in [1.807, 2.05) is 83.9 Å². The fraction of sp³-hybridized carbons (Fsp3) is 0.139. The van der Waals surface area contributed by atoms with Crippen molar-refractivity contribution in [3.05, 3.63) is 150 Å². The van der Waals surface area contributed by atoms with E-state index >= 15 is 0 Å². The second-order valence-corrected chi connectivity index (χ2v) is 10.8. The van der Waals surface area contributed by atoms with Gasteiger partial charge in [-0.2, -0.15) is 0 Å². The summed E-state index contributed by atoms with van der Waals surface area (Å²) in [5.74, 6) is -1.18. The van der Waals surface area contributed by atoms with E-state index in [2.05, 4.69) is 11.9 Å². The largest absolute Gasteiger partial charge is 0.490 e. The quantitative estimate of drug-likeness (QED) is 0.217. The first-order chi connectivity index (χ1) is 20.6. The lowest BCUT2D eigenvalue weighted by Crippen LogP contribution is -2.49. The van der Waals surface area contributed by atoms with Gasteiger partial charge in [0.25, 0.3) is 0 Å². The van der Waals surface area contributed by atoms with Crippen molar-refractivity contribution in [2.24, 2.45) is 5.92 Å². The molecule has 0 radical (unpaired) electrons. The smallest absolute Gasteiger partial charge is 0.238 e. The monoisotopic (exact) mass is 552 g/mol. The number of ketones is 2. The lowest BCUT2D eigenvalue weighted by atomic mass is 9.62. The number of carbonyl (C=O) groups excluding carboxylic acids is 3. The standard InChI is InChI=1S/C36H28N2O4/c1-2-22-42-26-18-16-25(17-19-26)32(39)30-31(33(40)24-11-4-3-5-12-24)38-21-20-23-10-6-7-13-27(23)34(38)36(30)28-14-8-9-15-29(28)37-35(36)41/h2-21,30-31,34H,1,22H2,(H,37,41)/t30-,31+,34-,36-/m1/s1. The van der Waals surface area contributed by atoms with E-state index in [-0.39, 0.29) is 17.5 Å². The van der Waals surface area contributed by atoms with E-state index < -0.39 is 23.4 Å². The van der Waals surface area contributed by atoms with Crippen LogP contribution < -0.4 is 10.1 Å². The predicted molar refractivity (Wildman–Crippen MR) is 161 cm³/mol. The van der Waals surface area contributed by atoms with Crippen LogP contribution in [0.5, 0.6) is 5.75 Å². The number of benzene rings is 4. The minimum atomic E-state index is -1.36. The number of ether oxygens (including phenoxy) is 1. The Balaban J connectivity index is 1.48. The van der Waals surface area contributed by atoms with E-state index in [1.165, 1.54) is 0 Å². The van der Waals surface area contributed by atoms with Crippen molar-refractivity contribution in [1.29, 1.82) is 0 Å². The molecule has 1 amide bonds. The molecule has 1 saturated heterocycles. The molecule has 0 unspecified atom stereocenters. The molecule has 1 N–H and O–H groups in total. The number of rotatable bonds is 7. The van der Waals surface area contributed by atoms with Gasteiger partial charge in [0.15, 0.2) is 11.6 Å². The van der Waals surface area contributed by atoms with Gasteiger partial charge in [-0.25, -0.2) is 0 Å². The Morgan fingerprint density at radius 3 is 2.33 bits per heavy atom. The highest BCUT2D eigenvalue weighted by atomic mass is 16.5. The molecule has 4 aromatic carbocycles. The minimum absolute atomic E-state index is 0.206. The number of amides is 1. The van der Waals surface area contributed by atoms with Crippen LogP contribution in [0.1, 0.15) is 43.4 Å². The molecule has 1 spiro atoms. The first kappa shape index (κ1) is 25.7. The summed E-state index contributed by atoms with van der Waals surface area (Å²) < 4.78 is 5.64. The number of para-hydroxylation sites is 1. The van der Waals surface area contributed by atoms with Crippen LogP contribution in [-0.2, 0) is 10.2 Å². The summed E-state index contributed by atoms with van der Waals surface area (Å²) in [4.78, 5) is 45.8. The number of nitrogens with zero attached hydrogens (tertiary/aromatic N) is 1. The van der Waals surface area contributed by atoms with Crippen LogP contribution in [0.3, 0.4) is 0 Å². The normalized spacial score (nSPS) is 23.1. The molecule has 0 bridgehead atoms. The zero-order valence-electron chi connectivity index (χ0n) is 22.8. The Hall–Kier alpha value is -5.23. The lowest BCUT2D eigenvalue weighted by Gasteiger charge is -2.38. The number of hydrogen-bond donors (Lipinski definition) is 1. The number of Topliss-reactive ketones (excluding diaryl/α,β-unsaturated/α-hetero) is 2. The minimum Gasteiger partial charge on any atom is -0.490 e. The summed E-state index contributed by atoms with van der Waals surface area (Å²) in [7, 11) is 0. The van der Waals surface area contributed by atoms with Crippen LogP contribution in [0.2, 0.25) is 0 Å². The number of carbonyl (C=O) groups is 3. The molecule has 42 heavy (non-hydrogen) atoms. The highest BCUT2D eigenvalue weighted by molar-refractivity contribution is 6.16. The lowest BCUT2D eigenvalue weighted by molar-refractivity contribution is -0.122. The molecule has 4 atom stereocenters. The molecule has 0 aliphatic carbocycles. The fourth-order valence-electron chi connectivity index (χ4n) is 6.99. The molecular weight excluding hydrogens is 524 g/mol. The molecule has 7 rings (SSSR count). The van der Waals surface area contributed by atoms with Gasteiger partial charge in [-0.15, -0.1) is 0 Å². The zero-order chi connectivity index (χ0) is 28.8. The van der Waals surface area contributed by atoms with Crippen LogP contribution >= 0.6 is 0 Å². The Kier molecular flexibility index (Phi) is 6.12. The molecule has 3 heterocycles. The molecule has 0 saturated carbocycles. The van der Waals surface area contributed by atoms with Gasteiger partial charge in [0.05, 0.1) is 12.0 Å². The number of anilines is 1. The van der Waals surface area contributed by atoms with Crippen molar-refractivity contribution in [3.63, 3.8) is 0 Å². The second-order valence-electron chi connectivity index (χ2n) is 10.8. The topological polar surface area (TPSA) is 75.7 Å². The van der Waals surface area contributed by atoms with Crippen molar-refractivity contribution < 1.29 is 19.1 Å². The summed E-state index contributed by atoms with van der Waals surface area (Å²) in [6.07, 6.45) is 5.50. The van der Waals surface area contributed by atoms with E-state index in [4.69, 9.17) is 4.74 Å². The Bertz CT molecular complexity index is 1760. The number of nitrogens with one attached hydrogen (secondary N) is 1. The number of fused-ring (bicyclic) bond motifs is 6. The molecule has 1 fully saturated rings. The van der Waals surface area contributed by atoms with Crippen LogP contribution in [0, 0.1) is 5.92 Å². The van der Waals surface area contributed by atoms with Crippen LogP contribution in [0.4, 0.5) is 5.69 Å². The van der Waals surface area contributed by atoms with Crippen molar-refractivity contribution in [2.45, 2.75) is 17.5 Å². The van der Waals surface area contributed by atoms with Crippen LogP contribution in [-0.4, -0.2) is 35.0 Å². The summed E-state index contributed by atoms with van der Waals surface area (Å²) >= 11 is 0. The first-order valence-electron chi connectivity index (χ1n) is 14.0. The predicted octanol–water partition coefficient (Wildman–Crippen LogP) is 6.23. The number of hydrogen-bond acceptors (Lipinski definition) is 5. The molecule has 6 heteroatoms. The Labute approximate surface area is 243 Å². The van der Waals surface area contributed by atoms with E-state index in [0.29, 0.717) is 29.2 Å². The van der Waals surface area contributed by atoms with Gasteiger partial charge in [-0.05, 0) is 53.1 Å². The third-order valence-electron chi connectivity index (χ3n) is 8.69. The molecule has 3 aliphatic rings. The van der Waals surface area contributed by atoms with Crippen molar-refractivity contribution in [1.82, 2.24) is 4.90 Å². The van der Waals surface area contributed by atoms with Crippen LogP contribution in [0.25, 0.3) is 6.08 Å². The van der Waals surface area contributed by atoms with Crippen molar-refractivity contribution in [3.8, 4) is 5.75 Å². The van der Waals surface area contributed by atoms with E-state index in [0.717, 1.165) is 16.7 Å². The third-order valence-corrected chi connectivity index (χ3v) is 8.69. The molecule has 0 aromatic heterocycles. The first-order valence-corrected chi connectivity index (χ1v) is 14.0. The van der Waals surface area contributed by atoms with Crippen LogP contribution in [0.15, 0.2) is 122 Å². The van der Waals surface area contributed by atoms with E-state index in [9.17, 15) is 14.4 Å². The van der Waals surface area contributed by atoms with Crippen molar-refractivity contribution in [2.75, 3.05) is 11.9 Å². The molecule has 206 valence electrons.